The highest BCUT2D eigenvalue weighted by Gasteiger charge is 2.52. The zero-order valence-corrected chi connectivity index (χ0v) is 13.1. The van der Waals surface area contributed by atoms with Crippen LogP contribution in [-0.2, 0) is 13.5 Å². The molecular formula is C14H23N5O2. The van der Waals surface area contributed by atoms with Gasteiger partial charge in [-0.1, -0.05) is 6.92 Å². The molecule has 1 aromatic rings. The van der Waals surface area contributed by atoms with E-state index in [1.165, 1.54) is 0 Å². The van der Waals surface area contributed by atoms with Crippen LogP contribution in [0.3, 0.4) is 0 Å². The molecule has 0 radical (unpaired) electrons. The van der Waals surface area contributed by atoms with Crippen LogP contribution in [0.5, 0.6) is 0 Å². The number of nitrogens with zero attached hydrogens (tertiary/aromatic N) is 4. The van der Waals surface area contributed by atoms with Gasteiger partial charge >= 0.3 is 5.69 Å². The lowest BCUT2D eigenvalue weighted by Gasteiger charge is -2.36. The van der Waals surface area contributed by atoms with Crippen LogP contribution in [0.2, 0.25) is 0 Å². The molecule has 0 bridgehead atoms. The van der Waals surface area contributed by atoms with Crippen molar-refractivity contribution in [2.45, 2.75) is 32.7 Å². The van der Waals surface area contributed by atoms with E-state index < -0.39 is 0 Å². The molecule has 0 aromatic carbocycles. The minimum absolute atomic E-state index is 0.0995. The smallest absolute Gasteiger partial charge is 0.334 e. The summed E-state index contributed by atoms with van der Waals surface area (Å²) in [6.07, 6.45) is 0.576. The van der Waals surface area contributed by atoms with Gasteiger partial charge in [0.2, 0.25) is 5.82 Å². The van der Waals surface area contributed by atoms with Gasteiger partial charge < -0.3 is 10.2 Å². The minimum atomic E-state index is -0.274. The van der Waals surface area contributed by atoms with Gasteiger partial charge in [0, 0.05) is 32.2 Å². The highest BCUT2D eigenvalue weighted by molar-refractivity contribution is 5.64. The number of anilines is 1. The fraction of sp³-hybridized carbons (Fsp3) is 0.786. The van der Waals surface area contributed by atoms with Crippen LogP contribution in [-0.4, -0.2) is 39.9 Å². The molecule has 116 valence electrons. The summed E-state index contributed by atoms with van der Waals surface area (Å²) in [5.41, 5.74) is 0.655. The summed E-state index contributed by atoms with van der Waals surface area (Å²) in [5, 5.41) is 19.4. The Morgan fingerprint density at radius 3 is 2.76 bits per heavy atom. The SMILES string of the molecule is CCc1nn(C)c(N2CC3CNCC3C2(C)C)c1[N+](=O)[O-]. The van der Waals surface area contributed by atoms with E-state index in [1.54, 1.807) is 4.68 Å². The molecule has 2 aliphatic heterocycles. The summed E-state index contributed by atoms with van der Waals surface area (Å²) in [7, 11) is 1.81. The first kappa shape index (κ1) is 14.3. The number of nitro groups is 1. The lowest BCUT2D eigenvalue weighted by atomic mass is 9.85. The van der Waals surface area contributed by atoms with Crippen molar-refractivity contribution in [1.29, 1.82) is 0 Å². The van der Waals surface area contributed by atoms with Crippen molar-refractivity contribution in [2.24, 2.45) is 18.9 Å². The standard InChI is InChI=1S/C14H23N5O2/c1-5-11-12(19(20)21)13(17(4)16-11)18-8-9-6-15-7-10(9)14(18,2)3/h9-10,15H,5-8H2,1-4H3. The third-order valence-corrected chi connectivity index (χ3v) is 5.20. The molecule has 0 aliphatic carbocycles. The predicted molar refractivity (Wildman–Crippen MR) is 80.5 cm³/mol. The Hall–Kier alpha value is -1.63. The Morgan fingerprint density at radius 2 is 2.19 bits per heavy atom. The molecule has 2 fully saturated rings. The third-order valence-electron chi connectivity index (χ3n) is 5.20. The molecule has 1 aromatic heterocycles. The van der Waals surface area contributed by atoms with Gasteiger partial charge in [-0.25, -0.2) is 4.68 Å². The van der Waals surface area contributed by atoms with Gasteiger partial charge in [-0.2, -0.15) is 5.10 Å². The molecule has 2 atom stereocenters. The van der Waals surface area contributed by atoms with Crippen LogP contribution < -0.4 is 10.2 Å². The number of aryl methyl sites for hydroxylation is 2. The molecule has 0 saturated carbocycles. The van der Waals surface area contributed by atoms with Crippen molar-refractivity contribution in [2.75, 3.05) is 24.5 Å². The molecule has 3 heterocycles. The number of rotatable bonds is 3. The summed E-state index contributed by atoms with van der Waals surface area (Å²) in [6, 6.07) is 0. The maximum absolute atomic E-state index is 11.5. The Morgan fingerprint density at radius 1 is 1.48 bits per heavy atom. The second-order valence-corrected chi connectivity index (χ2v) is 6.64. The Kier molecular flexibility index (Phi) is 3.20. The Labute approximate surface area is 124 Å². The fourth-order valence-corrected chi connectivity index (χ4v) is 4.07. The quantitative estimate of drug-likeness (QED) is 0.672. The third kappa shape index (κ3) is 1.94. The molecule has 7 heteroatoms. The van der Waals surface area contributed by atoms with E-state index in [4.69, 9.17) is 0 Å². The van der Waals surface area contributed by atoms with Crippen LogP contribution in [0.25, 0.3) is 0 Å². The van der Waals surface area contributed by atoms with Crippen molar-refractivity contribution < 1.29 is 4.92 Å². The molecule has 21 heavy (non-hydrogen) atoms. The van der Waals surface area contributed by atoms with Crippen LogP contribution in [0.1, 0.15) is 26.5 Å². The number of hydrogen-bond acceptors (Lipinski definition) is 5. The van der Waals surface area contributed by atoms with Gasteiger partial charge in [0.25, 0.3) is 0 Å². The molecular weight excluding hydrogens is 270 g/mol. The molecule has 3 rings (SSSR count). The van der Waals surface area contributed by atoms with Crippen molar-refractivity contribution >= 4 is 11.5 Å². The van der Waals surface area contributed by atoms with Gasteiger partial charge in [0.15, 0.2) is 0 Å². The average molecular weight is 293 g/mol. The summed E-state index contributed by atoms with van der Waals surface area (Å²) < 4.78 is 1.69. The fourth-order valence-electron chi connectivity index (χ4n) is 4.07. The topological polar surface area (TPSA) is 76.2 Å². The van der Waals surface area contributed by atoms with E-state index in [9.17, 15) is 10.1 Å². The van der Waals surface area contributed by atoms with Crippen molar-refractivity contribution in [3.8, 4) is 0 Å². The summed E-state index contributed by atoms with van der Waals surface area (Å²) in [4.78, 5) is 13.5. The number of aromatic nitrogens is 2. The van der Waals surface area contributed by atoms with Crippen LogP contribution in [0, 0.1) is 22.0 Å². The van der Waals surface area contributed by atoms with E-state index in [0.717, 1.165) is 19.6 Å². The summed E-state index contributed by atoms with van der Waals surface area (Å²) >= 11 is 0. The zero-order valence-electron chi connectivity index (χ0n) is 13.1. The first-order valence-corrected chi connectivity index (χ1v) is 7.56. The number of fused-ring (bicyclic) bond motifs is 1. The number of nitrogens with one attached hydrogen (secondary N) is 1. The second kappa shape index (κ2) is 4.69. The zero-order chi connectivity index (χ0) is 15.4. The Bertz CT molecular complexity index is 580. The largest absolute Gasteiger partial charge is 0.345 e. The molecule has 2 saturated heterocycles. The van der Waals surface area contributed by atoms with Crippen molar-refractivity contribution in [3.63, 3.8) is 0 Å². The maximum Gasteiger partial charge on any atom is 0.334 e. The predicted octanol–water partition coefficient (Wildman–Crippen LogP) is 1.32. The van der Waals surface area contributed by atoms with Gasteiger partial charge in [-0.05, 0) is 32.1 Å². The van der Waals surface area contributed by atoms with Crippen molar-refractivity contribution in [3.05, 3.63) is 15.8 Å². The first-order valence-electron chi connectivity index (χ1n) is 7.56. The summed E-state index contributed by atoms with van der Waals surface area (Å²) in [5.74, 6) is 1.74. The highest BCUT2D eigenvalue weighted by Crippen LogP contribution is 2.46. The van der Waals surface area contributed by atoms with E-state index >= 15 is 0 Å². The van der Waals surface area contributed by atoms with Crippen molar-refractivity contribution in [1.82, 2.24) is 15.1 Å². The normalized spacial score (nSPS) is 27.1. The molecule has 1 N–H and O–H groups in total. The van der Waals surface area contributed by atoms with Crippen LogP contribution >= 0.6 is 0 Å². The first-order chi connectivity index (χ1) is 9.87. The van der Waals surface area contributed by atoms with E-state index in [1.807, 2.05) is 14.0 Å². The van der Waals surface area contributed by atoms with Gasteiger partial charge in [0.1, 0.15) is 5.69 Å². The van der Waals surface area contributed by atoms with E-state index in [-0.39, 0.29) is 16.1 Å². The number of hydrogen-bond donors (Lipinski definition) is 1. The van der Waals surface area contributed by atoms with E-state index in [2.05, 4.69) is 29.2 Å². The van der Waals surface area contributed by atoms with Gasteiger partial charge in [-0.3, -0.25) is 10.1 Å². The maximum atomic E-state index is 11.5. The second-order valence-electron chi connectivity index (χ2n) is 6.64. The molecule has 2 unspecified atom stereocenters. The van der Waals surface area contributed by atoms with Crippen LogP contribution in [0.15, 0.2) is 0 Å². The molecule has 0 amide bonds. The monoisotopic (exact) mass is 293 g/mol. The van der Waals surface area contributed by atoms with Gasteiger partial charge in [0.05, 0.1) is 4.92 Å². The van der Waals surface area contributed by atoms with E-state index in [0.29, 0.717) is 29.8 Å². The molecule has 7 nitrogen and oxygen atoms in total. The van der Waals surface area contributed by atoms with Gasteiger partial charge in [-0.15, -0.1) is 0 Å². The Balaban J connectivity index is 2.09. The summed E-state index contributed by atoms with van der Waals surface area (Å²) in [6.45, 7) is 9.12. The molecule has 2 aliphatic rings. The lowest BCUT2D eigenvalue weighted by Crippen LogP contribution is -2.45. The lowest BCUT2D eigenvalue weighted by molar-refractivity contribution is -0.384. The highest BCUT2D eigenvalue weighted by atomic mass is 16.6. The molecule has 0 spiro atoms. The minimum Gasteiger partial charge on any atom is -0.345 e. The average Bonchev–Trinajstić information content (AvgIpc) is 3.04. The van der Waals surface area contributed by atoms with Crippen LogP contribution in [0.4, 0.5) is 11.5 Å².